The van der Waals surface area contributed by atoms with Gasteiger partial charge in [-0.2, -0.15) is 0 Å². The largest absolute Gasteiger partial charge is 0.480 e. The molecular weight excluding hydrogens is 452 g/mol. The number of rotatable bonds is 6. The van der Waals surface area contributed by atoms with E-state index < -0.39 is 23.5 Å². The van der Waals surface area contributed by atoms with Gasteiger partial charge in [-0.3, -0.25) is 4.79 Å². The van der Waals surface area contributed by atoms with Gasteiger partial charge in [0.15, 0.2) is 0 Å². The van der Waals surface area contributed by atoms with Crippen molar-refractivity contribution in [3.63, 3.8) is 0 Å². The molecule has 1 saturated carbocycles. The van der Waals surface area contributed by atoms with Crippen molar-refractivity contribution in [3.8, 4) is 11.1 Å². The van der Waals surface area contributed by atoms with Gasteiger partial charge >= 0.3 is 12.1 Å². The fraction of sp³-hybridized carbons (Fsp3) is 0.423. The molecule has 7 nitrogen and oxygen atoms in total. The average molecular weight is 481 g/mol. The number of nitrogens with one attached hydrogen (secondary N) is 1. The number of amides is 2. The highest BCUT2D eigenvalue weighted by Crippen LogP contribution is 2.46. The number of carbonyl (C=O) groups excluding carboxylic acids is 2. The Balaban J connectivity index is 1.23. The molecule has 0 spiro atoms. The van der Waals surface area contributed by atoms with Crippen molar-refractivity contribution in [2.75, 3.05) is 18.9 Å². The van der Waals surface area contributed by atoms with Crippen LogP contribution in [0.2, 0.25) is 0 Å². The number of hydrogen-bond acceptors (Lipinski definition) is 5. The monoisotopic (exact) mass is 480 g/mol. The number of fused-ring (bicyclic) bond motifs is 3. The van der Waals surface area contributed by atoms with Crippen LogP contribution in [0.3, 0.4) is 0 Å². The van der Waals surface area contributed by atoms with Crippen LogP contribution in [0.1, 0.15) is 43.2 Å². The average Bonchev–Trinajstić information content (AvgIpc) is 3.35. The predicted octanol–water partition coefficient (Wildman–Crippen LogP) is 4.07. The number of carbonyl (C=O) groups is 3. The van der Waals surface area contributed by atoms with Crippen LogP contribution in [0.25, 0.3) is 11.1 Å². The summed E-state index contributed by atoms with van der Waals surface area (Å²) in [4.78, 5) is 39.2. The lowest BCUT2D eigenvalue weighted by molar-refractivity contribution is -0.157. The van der Waals surface area contributed by atoms with Crippen molar-refractivity contribution in [1.29, 1.82) is 0 Å². The highest BCUT2D eigenvalue weighted by Gasteiger charge is 2.51. The molecule has 5 rings (SSSR count). The molecule has 0 bridgehead atoms. The number of carboxylic acids is 1. The molecule has 1 heterocycles. The normalized spacial score (nSPS) is 22.4. The van der Waals surface area contributed by atoms with Crippen molar-refractivity contribution >= 4 is 29.7 Å². The molecule has 3 aliphatic rings. The number of ether oxygens (including phenoxy) is 1. The first-order valence-electron chi connectivity index (χ1n) is 11.7. The van der Waals surface area contributed by atoms with E-state index in [2.05, 4.69) is 29.6 Å². The Morgan fingerprint density at radius 3 is 2.26 bits per heavy atom. The maximum Gasteiger partial charge on any atom is 0.407 e. The SMILES string of the molecule is CC1SCC(C(=O)O)N1C(=O)C1(CNC(=O)OCC2c3ccccc3-c3ccccc32)CCC1. The Labute approximate surface area is 202 Å². The van der Waals surface area contributed by atoms with E-state index in [0.717, 1.165) is 28.7 Å². The number of alkyl carbamates (subject to hydrolysis) is 1. The van der Waals surface area contributed by atoms with Crippen LogP contribution in [0.4, 0.5) is 4.79 Å². The van der Waals surface area contributed by atoms with Crippen molar-refractivity contribution in [2.24, 2.45) is 5.41 Å². The van der Waals surface area contributed by atoms with Crippen molar-refractivity contribution in [2.45, 2.75) is 43.5 Å². The summed E-state index contributed by atoms with van der Waals surface area (Å²) in [5.74, 6) is -0.805. The summed E-state index contributed by atoms with van der Waals surface area (Å²) in [6.45, 7) is 2.22. The Morgan fingerprint density at radius 1 is 1.09 bits per heavy atom. The third-order valence-corrected chi connectivity index (χ3v) is 8.64. The van der Waals surface area contributed by atoms with Gasteiger partial charge in [0, 0.05) is 18.2 Å². The molecule has 2 atom stereocenters. The minimum Gasteiger partial charge on any atom is -0.480 e. The van der Waals surface area contributed by atoms with Gasteiger partial charge in [0.2, 0.25) is 5.91 Å². The van der Waals surface area contributed by atoms with Crippen molar-refractivity contribution in [1.82, 2.24) is 10.2 Å². The van der Waals surface area contributed by atoms with Crippen LogP contribution in [-0.2, 0) is 14.3 Å². The summed E-state index contributed by atoms with van der Waals surface area (Å²) < 4.78 is 5.62. The van der Waals surface area contributed by atoms with Crippen molar-refractivity contribution in [3.05, 3.63) is 59.7 Å². The van der Waals surface area contributed by atoms with E-state index in [9.17, 15) is 19.5 Å². The molecule has 0 aromatic heterocycles. The molecule has 2 aliphatic carbocycles. The quantitative estimate of drug-likeness (QED) is 0.647. The summed E-state index contributed by atoms with van der Waals surface area (Å²) in [6, 6.07) is 15.5. The Hall–Kier alpha value is -3.00. The number of nitrogens with zero attached hydrogens (tertiary/aromatic N) is 1. The van der Waals surface area contributed by atoms with Crippen LogP contribution in [0.5, 0.6) is 0 Å². The predicted molar refractivity (Wildman–Crippen MR) is 130 cm³/mol. The lowest BCUT2D eigenvalue weighted by atomic mass is 9.67. The molecule has 1 aliphatic heterocycles. The van der Waals surface area contributed by atoms with Crippen LogP contribution >= 0.6 is 11.8 Å². The third-order valence-electron chi connectivity index (χ3n) is 7.42. The van der Waals surface area contributed by atoms with E-state index in [-0.39, 0.29) is 30.4 Å². The van der Waals surface area contributed by atoms with Gasteiger partial charge in [-0.25, -0.2) is 9.59 Å². The summed E-state index contributed by atoms with van der Waals surface area (Å²) in [5, 5.41) is 12.1. The molecular formula is C26H28N2O5S. The number of carboxylic acid groups (broad SMARTS) is 1. The highest BCUT2D eigenvalue weighted by molar-refractivity contribution is 8.00. The molecule has 2 aromatic carbocycles. The Morgan fingerprint density at radius 2 is 1.71 bits per heavy atom. The van der Waals surface area contributed by atoms with Gasteiger partial charge in [0.05, 0.1) is 10.8 Å². The summed E-state index contributed by atoms with van der Waals surface area (Å²) in [7, 11) is 0. The molecule has 2 amide bonds. The molecule has 2 N–H and O–H groups in total. The zero-order chi connectivity index (χ0) is 23.9. The molecule has 2 unspecified atom stereocenters. The molecule has 8 heteroatoms. The molecule has 178 valence electrons. The fourth-order valence-corrected chi connectivity index (χ4v) is 6.54. The second kappa shape index (κ2) is 8.98. The molecule has 2 fully saturated rings. The van der Waals surface area contributed by atoms with E-state index in [0.29, 0.717) is 18.6 Å². The van der Waals surface area contributed by atoms with Gasteiger partial charge < -0.3 is 20.1 Å². The van der Waals surface area contributed by atoms with E-state index in [1.807, 2.05) is 31.2 Å². The Bertz CT molecular complexity index is 1090. The first kappa shape index (κ1) is 22.8. The standard InChI is InChI=1S/C26H28N2O5S/c1-16-28(22(14-34-16)23(29)30)24(31)26(11-6-12-26)15-27-25(32)33-13-21-19-9-4-2-7-17(19)18-8-3-5-10-20(18)21/h2-5,7-10,16,21-22H,6,11-15H2,1H3,(H,27,32)(H,29,30). The van der Waals surface area contributed by atoms with Gasteiger partial charge in [0.1, 0.15) is 12.6 Å². The first-order valence-corrected chi connectivity index (χ1v) is 12.7. The first-order chi connectivity index (χ1) is 16.4. The molecule has 34 heavy (non-hydrogen) atoms. The van der Waals surface area contributed by atoms with Gasteiger partial charge in [0.25, 0.3) is 0 Å². The minimum absolute atomic E-state index is 0.0313. The number of benzene rings is 2. The van der Waals surface area contributed by atoms with Crippen LogP contribution < -0.4 is 5.32 Å². The lowest BCUT2D eigenvalue weighted by Gasteiger charge is -2.44. The number of thioether (sulfide) groups is 1. The molecule has 0 radical (unpaired) electrons. The lowest BCUT2D eigenvalue weighted by Crippen LogP contribution is -2.57. The fourth-order valence-electron chi connectivity index (χ4n) is 5.38. The summed E-state index contributed by atoms with van der Waals surface area (Å²) in [6.07, 6.45) is 1.59. The summed E-state index contributed by atoms with van der Waals surface area (Å²) >= 11 is 1.47. The van der Waals surface area contributed by atoms with Crippen molar-refractivity contribution < 1.29 is 24.2 Å². The zero-order valence-corrected chi connectivity index (χ0v) is 19.8. The van der Waals surface area contributed by atoms with E-state index in [1.54, 1.807) is 0 Å². The van der Waals surface area contributed by atoms with Gasteiger partial charge in [-0.1, -0.05) is 55.0 Å². The second-order valence-electron chi connectivity index (χ2n) is 9.31. The third kappa shape index (κ3) is 3.83. The van der Waals surface area contributed by atoms with Crippen LogP contribution in [0.15, 0.2) is 48.5 Å². The van der Waals surface area contributed by atoms with Gasteiger partial charge in [-0.05, 0) is 42.0 Å². The molecule has 2 aromatic rings. The van der Waals surface area contributed by atoms with Gasteiger partial charge in [-0.15, -0.1) is 11.8 Å². The van der Waals surface area contributed by atoms with Crippen LogP contribution in [0, 0.1) is 5.41 Å². The highest BCUT2D eigenvalue weighted by atomic mass is 32.2. The van der Waals surface area contributed by atoms with E-state index in [4.69, 9.17) is 4.74 Å². The summed E-state index contributed by atoms with van der Waals surface area (Å²) in [5.41, 5.74) is 3.86. The minimum atomic E-state index is -0.982. The maximum absolute atomic E-state index is 13.4. The second-order valence-corrected chi connectivity index (χ2v) is 10.7. The maximum atomic E-state index is 13.4. The van der Waals surface area contributed by atoms with Crippen LogP contribution in [-0.4, -0.2) is 58.3 Å². The number of aliphatic carboxylic acids is 1. The number of hydrogen-bond donors (Lipinski definition) is 2. The van der Waals surface area contributed by atoms with E-state index in [1.165, 1.54) is 16.7 Å². The Kier molecular flexibility index (Phi) is 6.02. The zero-order valence-electron chi connectivity index (χ0n) is 19.0. The van der Waals surface area contributed by atoms with E-state index >= 15 is 0 Å². The molecule has 1 saturated heterocycles. The smallest absolute Gasteiger partial charge is 0.407 e. The topological polar surface area (TPSA) is 95.9 Å².